The Hall–Kier alpha value is -1.17. The molecule has 11 heavy (non-hydrogen) atoms. The molecule has 0 bridgehead atoms. The van der Waals surface area contributed by atoms with Gasteiger partial charge in [0.25, 0.3) is 0 Å². The lowest BCUT2D eigenvalue weighted by atomic mass is 10.7. The van der Waals surface area contributed by atoms with Crippen LogP contribution in [-0.2, 0) is 6.54 Å². The van der Waals surface area contributed by atoms with Gasteiger partial charge in [-0.05, 0) is 19.1 Å². The Labute approximate surface area is 69.1 Å². The summed E-state index contributed by atoms with van der Waals surface area (Å²) in [4.78, 5) is 7.52. The molecule has 1 aromatic heterocycles. The molecule has 0 unspecified atom stereocenters. The third-order valence-corrected chi connectivity index (χ3v) is 1.57. The number of hydrogen-bond donors (Lipinski definition) is 2. The van der Waals surface area contributed by atoms with Crippen molar-refractivity contribution in [3.05, 3.63) is 4.77 Å². The van der Waals surface area contributed by atoms with Gasteiger partial charge in [0, 0.05) is 6.54 Å². The molecule has 0 aliphatic heterocycles. The van der Waals surface area contributed by atoms with Crippen LogP contribution in [0.5, 0.6) is 0 Å². The summed E-state index contributed by atoms with van der Waals surface area (Å²) >= 11 is 4.88. The van der Waals surface area contributed by atoms with Crippen LogP contribution in [0.4, 0.5) is 11.9 Å². The van der Waals surface area contributed by atoms with Gasteiger partial charge in [-0.2, -0.15) is 9.97 Å². The van der Waals surface area contributed by atoms with Crippen LogP contribution >= 0.6 is 12.2 Å². The van der Waals surface area contributed by atoms with Crippen molar-refractivity contribution in [3.63, 3.8) is 0 Å². The Morgan fingerprint density at radius 2 is 2.09 bits per heavy atom. The Kier molecular flexibility index (Phi) is 2.04. The van der Waals surface area contributed by atoms with Crippen LogP contribution in [0, 0.1) is 4.77 Å². The first-order chi connectivity index (χ1) is 5.15. The van der Waals surface area contributed by atoms with E-state index in [0.29, 0.717) is 17.3 Å². The van der Waals surface area contributed by atoms with E-state index < -0.39 is 0 Å². The van der Waals surface area contributed by atoms with Gasteiger partial charge in [-0.15, -0.1) is 0 Å². The highest BCUT2D eigenvalue weighted by Gasteiger charge is 1.98. The van der Waals surface area contributed by atoms with Crippen LogP contribution in [0.25, 0.3) is 0 Å². The highest BCUT2D eigenvalue weighted by Crippen LogP contribution is 2.01. The summed E-state index contributed by atoms with van der Waals surface area (Å²) < 4.78 is 1.98. The molecule has 0 aromatic carbocycles. The molecule has 4 N–H and O–H groups in total. The standard InChI is InChI=1S/C5H9N5S/c1-2-10-4(7)8-3(6)9-5(10)11/h2H2,1H3,(H4,6,7,8,9,11). The zero-order valence-corrected chi connectivity index (χ0v) is 6.93. The van der Waals surface area contributed by atoms with E-state index in [1.807, 2.05) is 6.92 Å². The third-order valence-electron chi connectivity index (χ3n) is 1.26. The summed E-state index contributed by atoms with van der Waals surface area (Å²) in [5.74, 6) is 0.433. The second kappa shape index (κ2) is 2.83. The van der Waals surface area contributed by atoms with Crippen molar-refractivity contribution in [3.8, 4) is 0 Å². The number of nitrogen functional groups attached to an aromatic ring is 2. The smallest absolute Gasteiger partial charge is 0.225 e. The molecule has 0 saturated carbocycles. The number of nitrogens with two attached hydrogens (primary N) is 2. The summed E-state index contributed by atoms with van der Waals surface area (Å²) in [6.45, 7) is 2.57. The van der Waals surface area contributed by atoms with Crippen LogP contribution in [0.15, 0.2) is 0 Å². The van der Waals surface area contributed by atoms with Crippen LogP contribution in [0.1, 0.15) is 6.92 Å². The molecule has 1 aromatic rings. The molecule has 0 fully saturated rings. The Morgan fingerprint density at radius 3 is 2.55 bits per heavy atom. The molecule has 6 heteroatoms. The van der Waals surface area contributed by atoms with E-state index in [1.165, 1.54) is 0 Å². The van der Waals surface area contributed by atoms with E-state index in [1.54, 1.807) is 4.57 Å². The maximum atomic E-state index is 5.50. The van der Waals surface area contributed by atoms with Crippen LogP contribution < -0.4 is 11.5 Å². The highest BCUT2D eigenvalue weighted by molar-refractivity contribution is 7.71. The number of nitrogens with zero attached hydrogens (tertiary/aromatic N) is 3. The quantitative estimate of drug-likeness (QED) is 0.589. The molecule has 0 aliphatic carbocycles. The Morgan fingerprint density at radius 1 is 1.45 bits per heavy atom. The summed E-state index contributed by atoms with van der Waals surface area (Å²) in [5.41, 5.74) is 10.8. The largest absolute Gasteiger partial charge is 0.369 e. The van der Waals surface area contributed by atoms with Crippen molar-refractivity contribution in [1.29, 1.82) is 0 Å². The number of hydrogen-bond acceptors (Lipinski definition) is 5. The zero-order valence-electron chi connectivity index (χ0n) is 6.11. The van der Waals surface area contributed by atoms with Crippen molar-refractivity contribution >= 4 is 24.1 Å². The SMILES string of the molecule is CCn1c(N)nc(N)nc1=S. The van der Waals surface area contributed by atoms with Crippen molar-refractivity contribution in [1.82, 2.24) is 14.5 Å². The summed E-state index contributed by atoms with van der Waals surface area (Å²) in [7, 11) is 0. The van der Waals surface area contributed by atoms with E-state index in [9.17, 15) is 0 Å². The van der Waals surface area contributed by atoms with Gasteiger partial charge in [-0.1, -0.05) is 0 Å². The second-order valence-corrected chi connectivity index (χ2v) is 2.33. The number of rotatable bonds is 1. The van der Waals surface area contributed by atoms with E-state index >= 15 is 0 Å². The van der Waals surface area contributed by atoms with Gasteiger partial charge in [-0.25, -0.2) is 0 Å². The summed E-state index contributed by atoms with van der Waals surface area (Å²) in [6.07, 6.45) is 0. The maximum absolute atomic E-state index is 5.50. The normalized spacial score (nSPS) is 9.91. The fourth-order valence-electron chi connectivity index (χ4n) is 0.756. The van der Waals surface area contributed by atoms with Crippen molar-refractivity contribution < 1.29 is 0 Å². The molecular weight excluding hydrogens is 162 g/mol. The molecule has 60 valence electrons. The lowest BCUT2D eigenvalue weighted by Crippen LogP contribution is -2.11. The van der Waals surface area contributed by atoms with Gasteiger partial charge in [0.05, 0.1) is 0 Å². The Balaban J connectivity index is 3.37. The molecule has 0 atom stereocenters. The van der Waals surface area contributed by atoms with Crippen molar-refractivity contribution in [2.24, 2.45) is 0 Å². The Bertz CT molecular complexity index is 317. The minimum Gasteiger partial charge on any atom is -0.369 e. The zero-order chi connectivity index (χ0) is 8.43. The minimum atomic E-state index is 0.122. The first-order valence-electron chi connectivity index (χ1n) is 3.15. The fourth-order valence-corrected chi connectivity index (χ4v) is 1.07. The highest BCUT2D eigenvalue weighted by atomic mass is 32.1. The molecule has 0 spiro atoms. The van der Waals surface area contributed by atoms with E-state index in [0.717, 1.165) is 0 Å². The average Bonchev–Trinajstić information content (AvgIpc) is 1.85. The molecule has 1 heterocycles. The van der Waals surface area contributed by atoms with Gasteiger partial charge in [0.2, 0.25) is 16.7 Å². The summed E-state index contributed by atoms with van der Waals surface area (Å²) in [5, 5.41) is 0. The van der Waals surface area contributed by atoms with Gasteiger partial charge >= 0.3 is 0 Å². The van der Waals surface area contributed by atoms with Crippen LogP contribution in [0.3, 0.4) is 0 Å². The molecule has 0 saturated heterocycles. The van der Waals surface area contributed by atoms with E-state index in [-0.39, 0.29) is 5.95 Å². The van der Waals surface area contributed by atoms with Gasteiger partial charge in [-0.3, -0.25) is 4.57 Å². The third kappa shape index (κ3) is 1.45. The van der Waals surface area contributed by atoms with Crippen molar-refractivity contribution in [2.75, 3.05) is 11.5 Å². The summed E-state index contributed by atoms with van der Waals surface area (Å²) in [6, 6.07) is 0. The molecule has 1 rings (SSSR count). The van der Waals surface area contributed by atoms with Gasteiger partial charge in [0.15, 0.2) is 0 Å². The predicted octanol–water partition coefficient (Wildman–Crippen LogP) is 0.192. The topological polar surface area (TPSA) is 82.8 Å². The van der Waals surface area contributed by atoms with Gasteiger partial charge < -0.3 is 11.5 Å². The lowest BCUT2D eigenvalue weighted by Gasteiger charge is -2.05. The molecule has 5 nitrogen and oxygen atoms in total. The van der Waals surface area contributed by atoms with Crippen molar-refractivity contribution in [2.45, 2.75) is 13.5 Å². The second-order valence-electron chi connectivity index (χ2n) is 1.97. The van der Waals surface area contributed by atoms with E-state index in [4.69, 9.17) is 23.7 Å². The number of anilines is 2. The predicted molar refractivity (Wildman–Crippen MR) is 45.4 cm³/mol. The number of aromatic nitrogens is 3. The molecule has 0 amide bonds. The fraction of sp³-hybridized carbons (Fsp3) is 0.400. The monoisotopic (exact) mass is 171 g/mol. The molecule has 0 radical (unpaired) electrons. The van der Waals surface area contributed by atoms with Gasteiger partial charge in [0.1, 0.15) is 0 Å². The lowest BCUT2D eigenvalue weighted by molar-refractivity contribution is 0.714. The average molecular weight is 171 g/mol. The first-order valence-corrected chi connectivity index (χ1v) is 3.55. The first kappa shape index (κ1) is 7.93. The van der Waals surface area contributed by atoms with Crippen LogP contribution in [0.2, 0.25) is 0 Å². The molecular formula is C5H9N5S. The maximum Gasteiger partial charge on any atom is 0.225 e. The van der Waals surface area contributed by atoms with Crippen LogP contribution in [-0.4, -0.2) is 14.5 Å². The van der Waals surface area contributed by atoms with E-state index in [2.05, 4.69) is 9.97 Å². The minimum absolute atomic E-state index is 0.122. The molecule has 0 aliphatic rings.